The van der Waals surface area contributed by atoms with Crippen molar-refractivity contribution in [3.8, 4) is 0 Å². The van der Waals surface area contributed by atoms with Crippen molar-refractivity contribution >= 4 is 17.7 Å². The molecular formula is C10H14F3N5OS. The van der Waals surface area contributed by atoms with Gasteiger partial charge in [0.25, 0.3) is 5.82 Å². The summed E-state index contributed by atoms with van der Waals surface area (Å²) in [4.78, 5) is 13.6. The second-order valence-corrected chi connectivity index (χ2v) is 5.35. The van der Waals surface area contributed by atoms with Crippen LogP contribution >= 0.6 is 11.8 Å². The SMILES string of the molecule is Nn1c(SCC(=O)N2CCCCC2)nnc1C(F)(F)F. The van der Waals surface area contributed by atoms with Crippen LogP contribution in [0.25, 0.3) is 0 Å². The average Bonchev–Trinajstić information content (AvgIpc) is 2.78. The number of hydrogen-bond acceptors (Lipinski definition) is 5. The molecular weight excluding hydrogens is 295 g/mol. The number of nitrogens with two attached hydrogens (primary N) is 1. The Kier molecular flexibility index (Phi) is 4.41. The summed E-state index contributed by atoms with van der Waals surface area (Å²) in [5.41, 5.74) is 0. The molecule has 6 nitrogen and oxygen atoms in total. The van der Waals surface area contributed by atoms with Crippen LogP contribution in [0, 0.1) is 0 Å². The van der Waals surface area contributed by atoms with Crippen molar-refractivity contribution in [2.24, 2.45) is 0 Å². The topological polar surface area (TPSA) is 77.0 Å². The van der Waals surface area contributed by atoms with E-state index in [1.807, 2.05) is 0 Å². The molecule has 1 aliphatic rings. The predicted octanol–water partition coefficient (Wildman–Crippen LogP) is 1.12. The zero-order valence-electron chi connectivity index (χ0n) is 10.6. The average molecular weight is 309 g/mol. The van der Waals surface area contributed by atoms with Crippen molar-refractivity contribution in [1.82, 2.24) is 19.8 Å². The van der Waals surface area contributed by atoms with Crippen molar-refractivity contribution in [3.05, 3.63) is 5.82 Å². The Labute approximate surface area is 117 Å². The van der Waals surface area contributed by atoms with Crippen LogP contribution < -0.4 is 5.84 Å². The maximum atomic E-state index is 12.5. The first kappa shape index (κ1) is 14.9. The van der Waals surface area contributed by atoms with Gasteiger partial charge in [-0.15, -0.1) is 10.2 Å². The quantitative estimate of drug-likeness (QED) is 0.669. The van der Waals surface area contributed by atoms with Gasteiger partial charge in [-0.1, -0.05) is 11.8 Å². The van der Waals surface area contributed by atoms with E-state index in [-0.39, 0.29) is 16.8 Å². The Bertz CT molecular complexity index is 484. The number of carbonyl (C=O) groups excluding carboxylic acids is 1. The lowest BCUT2D eigenvalue weighted by atomic mass is 10.1. The standard InChI is InChI=1S/C10H14F3N5OS/c11-10(12,13)8-15-16-9(18(8)14)20-6-7(19)17-4-2-1-3-5-17/h1-6,14H2. The molecule has 2 heterocycles. The van der Waals surface area contributed by atoms with Crippen LogP contribution in [0.5, 0.6) is 0 Å². The van der Waals surface area contributed by atoms with E-state index in [0.29, 0.717) is 17.8 Å². The van der Waals surface area contributed by atoms with Crippen LogP contribution in [-0.2, 0) is 11.0 Å². The number of hydrogen-bond donors (Lipinski definition) is 1. The van der Waals surface area contributed by atoms with Crippen LogP contribution in [0.1, 0.15) is 25.1 Å². The van der Waals surface area contributed by atoms with E-state index in [1.165, 1.54) is 0 Å². The molecule has 0 aliphatic carbocycles. The molecule has 1 aliphatic heterocycles. The molecule has 0 spiro atoms. The number of nitrogens with zero attached hydrogens (tertiary/aromatic N) is 4. The zero-order valence-corrected chi connectivity index (χ0v) is 11.4. The van der Waals surface area contributed by atoms with Gasteiger partial charge in [-0.25, -0.2) is 4.68 Å². The van der Waals surface area contributed by atoms with E-state index < -0.39 is 12.0 Å². The van der Waals surface area contributed by atoms with Crippen LogP contribution in [0.15, 0.2) is 5.16 Å². The van der Waals surface area contributed by atoms with Crippen molar-refractivity contribution in [1.29, 1.82) is 0 Å². The first-order valence-corrected chi connectivity index (χ1v) is 7.06. The number of halogens is 3. The number of nitrogen functional groups attached to an aromatic ring is 1. The third-order valence-corrected chi connectivity index (χ3v) is 3.88. The van der Waals surface area contributed by atoms with Gasteiger partial charge in [0.15, 0.2) is 0 Å². The largest absolute Gasteiger partial charge is 0.453 e. The summed E-state index contributed by atoms with van der Waals surface area (Å²) in [6.07, 6.45) is -1.64. The molecule has 0 radical (unpaired) electrons. The summed E-state index contributed by atoms with van der Waals surface area (Å²) >= 11 is 0.859. The van der Waals surface area contributed by atoms with Gasteiger partial charge in [0.2, 0.25) is 11.1 Å². The van der Waals surface area contributed by atoms with Crippen molar-refractivity contribution in [2.75, 3.05) is 24.7 Å². The fraction of sp³-hybridized carbons (Fsp3) is 0.700. The van der Waals surface area contributed by atoms with Crippen molar-refractivity contribution in [2.45, 2.75) is 30.6 Å². The minimum Gasteiger partial charge on any atom is -0.342 e. The third kappa shape index (κ3) is 3.35. The number of likely N-dealkylation sites (tertiary alicyclic amines) is 1. The van der Waals surface area contributed by atoms with Crippen LogP contribution in [0.2, 0.25) is 0 Å². The number of thioether (sulfide) groups is 1. The molecule has 20 heavy (non-hydrogen) atoms. The fourth-order valence-corrected chi connectivity index (χ4v) is 2.69. The third-order valence-electron chi connectivity index (χ3n) is 2.95. The molecule has 0 unspecified atom stereocenters. The number of carbonyl (C=O) groups is 1. The number of rotatable bonds is 3. The van der Waals surface area contributed by atoms with Gasteiger partial charge in [-0.2, -0.15) is 13.2 Å². The summed E-state index contributed by atoms with van der Waals surface area (Å²) in [6.45, 7) is 1.39. The molecule has 1 aromatic rings. The van der Waals surface area contributed by atoms with Crippen molar-refractivity contribution in [3.63, 3.8) is 0 Å². The zero-order chi connectivity index (χ0) is 14.8. The molecule has 2 N–H and O–H groups in total. The Morgan fingerprint density at radius 3 is 2.45 bits per heavy atom. The lowest BCUT2D eigenvalue weighted by molar-refractivity contribution is -0.146. The fourth-order valence-electron chi connectivity index (χ4n) is 1.93. The van der Waals surface area contributed by atoms with Gasteiger partial charge in [0, 0.05) is 13.1 Å². The smallest absolute Gasteiger partial charge is 0.342 e. The van der Waals surface area contributed by atoms with Gasteiger partial charge in [-0.05, 0) is 19.3 Å². The van der Waals surface area contributed by atoms with Gasteiger partial charge in [0.1, 0.15) is 0 Å². The molecule has 0 aromatic carbocycles. The molecule has 1 fully saturated rings. The van der Waals surface area contributed by atoms with E-state index in [0.717, 1.165) is 31.0 Å². The summed E-state index contributed by atoms with van der Waals surface area (Å²) in [6, 6.07) is 0. The summed E-state index contributed by atoms with van der Waals surface area (Å²) in [5.74, 6) is 3.90. The maximum Gasteiger partial charge on any atom is 0.453 e. The molecule has 10 heteroatoms. The first-order valence-electron chi connectivity index (χ1n) is 6.08. The number of piperidine rings is 1. The summed E-state index contributed by atoms with van der Waals surface area (Å²) in [7, 11) is 0. The minimum atomic E-state index is -4.66. The summed E-state index contributed by atoms with van der Waals surface area (Å²) in [5, 5.41) is 6.23. The highest BCUT2D eigenvalue weighted by Crippen LogP contribution is 2.28. The highest BCUT2D eigenvalue weighted by molar-refractivity contribution is 7.99. The van der Waals surface area contributed by atoms with Crippen LogP contribution in [-0.4, -0.2) is 44.5 Å². The van der Waals surface area contributed by atoms with E-state index in [9.17, 15) is 18.0 Å². The predicted molar refractivity (Wildman–Crippen MR) is 66.3 cm³/mol. The second kappa shape index (κ2) is 5.90. The first-order chi connectivity index (χ1) is 9.39. The van der Waals surface area contributed by atoms with Crippen LogP contribution in [0.4, 0.5) is 13.2 Å². The number of alkyl halides is 3. The van der Waals surface area contributed by atoms with Gasteiger partial charge in [-0.3, -0.25) is 4.79 Å². The Hall–Kier alpha value is -1.45. The highest BCUT2D eigenvalue weighted by Gasteiger charge is 2.38. The number of aromatic nitrogens is 3. The van der Waals surface area contributed by atoms with Gasteiger partial charge < -0.3 is 10.7 Å². The van der Waals surface area contributed by atoms with Gasteiger partial charge in [0.05, 0.1) is 5.75 Å². The Morgan fingerprint density at radius 2 is 1.90 bits per heavy atom. The van der Waals surface area contributed by atoms with E-state index in [4.69, 9.17) is 5.84 Å². The van der Waals surface area contributed by atoms with E-state index in [2.05, 4.69) is 10.2 Å². The molecule has 0 saturated carbocycles. The van der Waals surface area contributed by atoms with Crippen LogP contribution in [0.3, 0.4) is 0 Å². The van der Waals surface area contributed by atoms with Crippen molar-refractivity contribution < 1.29 is 18.0 Å². The second-order valence-electron chi connectivity index (χ2n) is 4.40. The highest BCUT2D eigenvalue weighted by atomic mass is 32.2. The lowest BCUT2D eigenvalue weighted by Crippen LogP contribution is -2.36. The molecule has 1 amide bonds. The molecule has 1 saturated heterocycles. The molecule has 0 bridgehead atoms. The monoisotopic (exact) mass is 309 g/mol. The molecule has 1 aromatic heterocycles. The number of amides is 1. The Morgan fingerprint density at radius 1 is 1.25 bits per heavy atom. The summed E-state index contributed by atoms with van der Waals surface area (Å²) < 4.78 is 37.8. The maximum absolute atomic E-state index is 12.5. The van der Waals surface area contributed by atoms with Gasteiger partial charge >= 0.3 is 6.18 Å². The Balaban J connectivity index is 1.94. The lowest BCUT2D eigenvalue weighted by Gasteiger charge is -2.26. The minimum absolute atomic E-state index is 0.00713. The van der Waals surface area contributed by atoms with E-state index >= 15 is 0 Å². The molecule has 112 valence electrons. The van der Waals surface area contributed by atoms with E-state index in [1.54, 1.807) is 4.90 Å². The molecule has 2 rings (SSSR count). The molecule has 0 atom stereocenters. The normalized spacial score (nSPS) is 16.4.